The standard InChI is InChI=1S/C17H22N2O3/c1-4-15(20)18-11-16(21)19-13-10-14(17(13,2)3)22-12-8-6-5-7-9-12/h4-9,13-14H,1,10-11H2,2-3H3,(H,18,20)(H,19,21)/t13-,14+/m1/s1. The first-order valence-electron chi connectivity index (χ1n) is 7.35. The van der Waals surface area contributed by atoms with Crippen molar-refractivity contribution in [1.82, 2.24) is 10.6 Å². The summed E-state index contributed by atoms with van der Waals surface area (Å²) in [6.07, 6.45) is 1.95. The average Bonchev–Trinajstić information content (AvgIpc) is 2.52. The lowest BCUT2D eigenvalue weighted by Crippen LogP contribution is -2.63. The largest absolute Gasteiger partial charge is 0.490 e. The van der Waals surface area contributed by atoms with Gasteiger partial charge in [0.15, 0.2) is 0 Å². The maximum Gasteiger partial charge on any atom is 0.243 e. The summed E-state index contributed by atoms with van der Waals surface area (Å²) < 4.78 is 5.96. The zero-order chi connectivity index (χ0) is 16.2. The lowest BCUT2D eigenvalue weighted by atomic mass is 9.64. The Hall–Kier alpha value is -2.30. The third-order valence-corrected chi connectivity index (χ3v) is 4.14. The molecule has 0 radical (unpaired) electrons. The van der Waals surface area contributed by atoms with Crippen LogP contribution in [0, 0.1) is 5.41 Å². The maximum atomic E-state index is 11.8. The molecule has 0 bridgehead atoms. The summed E-state index contributed by atoms with van der Waals surface area (Å²) in [6, 6.07) is 9.69. The van der Waals surface area contributed by atoms with Crippen LogP contribution in [0.5, 0.6) is 5.75 Å². The normalized spacial score (nSPS) is 22.1. The van der Waals surface area contributed by atoms with Gasteiger partial charge in [0.1, 0.15) is 11.9 Å². The lowest BCUT2D eigenvalue weighted by Gasteiger charge is -2.51. The van der Waals surface area contributed by atoms with Crippen molar-refractivity contribution in [2.45, 2.75) is 32.4 Å². The molecule has 0 unspecified atom stereocenters. The summed E-state index contributed by atoms with van der Waals surface area (Å²) in [5, 5.41) is 5.40. The fourth-order valence-corrected chi connectivity index (χ4v) is 2.48. The Balaban J connectivity index is 1.82. The summed E-state index contributed by atoms with van der Waals surface area (Å²) in [5.74, 6) is 0.281. The van der Waals surface area contributed by atoms with E-state index < -0.39 is 0 Å². The summed E-state index contributed by atoms with van der Waals surface area (Å²) in [7, 11) is 0. The molecule has 0 saturated heterocycles. The summed E-state index contributed by atoms with van der Waals surface area (Å²) in [4.78, 5) is 22.9. The van der Waals surface area contributed by atoms with Crippen LogP contribution in [0.3, 0.4) is 0 Å². The number of nitrogens with one attached hydrogen (secondary N) is 2. The first kappa shape index (κ1) is 16.1. The molecule has 2 N–H and O–H groups in total. The molecule has 5 nitrogen and oxygen atoms in total. The molecule has 0 aromatic heterocycles. The number of hydrogen-bond donors (Lipinski definition) is 2. The molecular weight excluding hydrogens is 280 g/mol. The van der Waals surface area contributed by atoms with E-state index in [-0.39, 0.29) is 35.9 Å². The number of hydrogen-bond acceptors (Lipinski definition) is 3. The Bertz CT molecular complexity index is 554. The molecule has 2 atom stereocenters. The van der Waals surface area contributed by atoms with Crippen LogP contribution in [-0.4, -0.2) is 30.5 Å². The lowest BCUT2D eigenvalue weighted by molar-refractivity contribution is -0.129. The molecular formula is C17H22N2O3. The second kappa shape index (κ2) is 6.64. The summed E-state index contributed by atoms with van der Waals surface area (Å²) >= 11 is 0. The van der Waals surface area contributed by atoms with Crippen LogP contribution in [-0.2, 0) is 9.59 Å². The molecule has 1 fully saturated rings. The van der Waals surface area contributed by atoms with E-state index in [1.165, 1.54) is 0 Å². The van der Waals surface area contributed by atoms with Gasteiger partial charge in [0.25, 0.3) is 0 Å². The molecule has 0 heterocycles. The van der Waals surface area contributed by atoms with Gasteiger partial charge in [-0.05, 0) is 18.2 Å². The third-order valence-electron chi connectivity index (χ3n) is 4.14. The number of para-hydroxylation sites is 1. The predicted octanol–water partition coefficient (Wildman–Crippen LogP) is 1.65. The highest BCUT2D eigenvalue weighted by Gasteiger charge is 2.50. The fourth-order valence-electron chi connectivity index (χ4n) is 2.48. The maximum absolute atomic E-state index is 11.8. The monoisotopic (exact) mass is 302 g/mol. The Kier molecular flexibility index (Phi) is 4.85. The Morgan fingerprint density at radius 3 is 2.64 bits per heavy atom. The number of ether oxygens (including phenoxy) is 1. The quantitative estimate of drug-likeness (QED) is 0.785. The van der Waals surface area contributed by atoms with Crippen LogP contribution in [0.15, 0.2) is 43.0 Å². The molecule has 118 valence electrons. The zero-order valence-electron chi connectivity index (χ0n) is 13.0. The Morgan fingerprint density at radius 2 is 2.05 bits per heavy atom. The van der Waals surface area contributed by atoms with E-state index in [1.807, 2.05) is 30.3 Å². The smallest absolute Gasteiger partial charge is 0.243 e. The van der Waals surface area contributed by atoms with Crippen molar-refractivity contribution in [1.29, 1.82) is 0 Å². The second-order valence-electron chi connectivity index (χ2n) is 6.02. The molecule has 1 aliphatic carbocycles. The molecule has 2 rings (SSSR count). The fraction of sp³-hybridized carbons (Fsp3) is 0.412. The van der Waals surface area contributed by atoms with Crippen LogP contribution >= 0.6 is 0 Å². The van der Waals surface area contributed by atoms with Crippen molar-refractivity contribution in [3.8, 4) is 5.75 Å². The van der Waals surface area contributed by atoms with Crippen molar-refractivity contribution in [3.63, 3.8) is 0 Å². The molecule has 0 aliphatic heterocycles. The van der Waals surface area contributed by atoms with E-state index >= 15 is 0 Å². The van der Waals surface area contributed by atoms with E-state index in [9.17, 15) is 9.59 Å². The van der Waals surface area contributed by atoms with Crippen LogP contribution in [0.25, 0.3) is 0 Å². The van der Waals surface area contributed by atoms with Gasteiger partial charge in [0.2, 0.25) is 11.8 Å². The van der Waals surface area contributed by atoms with Gasteiger partial charge in [-0.15, -0.1) is 0 Å². The van der Waals surface area contributed by atoms with E-state index in [0.717, 1.165) is 18.2 Å². The van der Waals surface area contributed by atoms with Crippen LogP contribution < -0.4 is 15.4 Å². The minimum atomic E-state index is -0.353. The molecule has 5 heteroatoms. The topological polar surface area (TPSA) is 67.4 Å². The van der Waals surface area contributed by atoms with E-state index in [1.54, 1.807) is 0 Å². The number of rotatable bonds is 6. The number of carbonyl (C=O) groups is 2. The van der Waals surface area contributed by atoms with Crippen molar-refractivity contribution in [2.24, 2.45) is 5.41 Å². The number of benzene rings is 1. The minimum Gasteiger partial charge on any atom is -0.490 e. The Morgan fingerprint density at radius 1 is 1.36 bits per heavy atom. The summed E-state index contributed by atoms with van der Waals surface area (Å²) in [5.41, 5.74) is -0.159. The van der Waals surface area contributed by atoms with Crippen molar-refractivity contribution in [2.75, 3.05) is 6.54 Å². The zero-order valence-corrected chi connectivity index (χ0v) is 13.0. The first-order valence-corrected chi connectivity index (χ1v) is 7.35. The van der Waals surface area contributed by atoms with Crippen molar-refractivity contribution < 1.29 is 14.3 Å². The molecule has 1 saturated carbocycles. The molecule has 2 amide bonds. The van der Waals surface area contributed by atoms with Gasteiger partial charge in [0.05, 0.1) is 6.54 Å². The highest BCUT2D eigenvalue weighted by molar-refractivity contribution is 5.90. The number of carbonyl (C=O) groups excluding carboxylic acids is 2. The van der Waals surface area contributed by atoms with Crippen LogP contribution in [0.4, 0.5) is 0 Å². The molecule has 1 aliphatic rings. The van der Waals surface area contributed by atoms with Gasteiger partial charge in [-0.2, -0.15) is 0 Å². The van der Waals surface area contributed by atoms with Crippen molar-refractivity contribution >= 4 is 11.8 Å². The van der Waals surface area contributed by atoms with Gasteiger partial charge in [0, 0.05) is 17.9 Å². The SMILES string of the molecule is C=CC(=O)NCC(=O)N[C@@H]1C[C@H](Oc2ccccc2)C1(C)C. The molecule has 1 aromatic carbocycles. The third kappa shape index (κ3) is 3.67. The molecule has 22 heavy (non-hydrogen) atoms. The van der Waals surface area contributed by atoms with Crippen LogP contribution in [0.1, 0.15) is 20.3 Å². The first-order chi connectivity index (χ1) is 10.4. The van der Waals surface area contributed by atoms with Crippen LogP contribution in [0.2, 0.25) is 0 Å². The number of amides is 2. The minimum absolute atomic E-state index is 0.0364. The highest BCUT2D eigenvalue weighted by atomic mass is 16.5. The van der Waals surface area contributed by atoms with Gasteiger partial charge >= 0.3 is 0 Å². The highest BCUT2D eigenvalue weighted by Crippen LogP contribution is 2.43. The van der Waals surface area contributed by atoms with Gasteiger partial charge < -0.3 is 15.4 Å². The van der Waals surface area contributed by atoms with E-state index in [4.69, 9.17) is 4.74 Å². The molecule has 0 spiro atoms. The Labute approximate surface area is 130 Å². The van der Waals surface area contributed by atoms with E-state index in [2.05, 4.69) is 31.1 Å². The van der Waals surface area contributed by atoms with Crippen molar-refractivity contribution in [3.05, 3.63) is 43.0 Å². The van der Waals surface area contributed by atoms with Gasteiger partial charge in [-0.3, -0.25) is 9.59 Å². The summed E-state index contributed by atoms with van der Waals surface area (Å²) in [6.45, 7) is 7.43. The second-order valence-corrected chi connectivity index (χ2v) is 6.02. The predicted molar refractivity (Wildman–Crippen MR) is 84.4 cm³/mol. The van der Waals surface area contributed by atoms with E-state index in [0.29, 0.717) is 0 Å². The average molecular weight is 302 g/mol. The molecule has 1 aromatic rings. The van der Waals surface area contributed by atoms with Gasteiger partial charge in [-0.25, -0.2) is 0 Å². The van der Waals surface area contributed by atoms with Gasteiger partial charge in [-0.1, -0.05) is 38.6 Å².